The van der Waals surface area contributed by atoms with Gasteiger partial charge in [-0.3, -0.25) is 24.5 Å². The molecule has 10 heteroatoms. The number of amides is 3. The van der Waals surface area contributed by atoms with Gasteiger partial charge >= 0.3 is 0 Å². The van der Waals surface area contributed by atoms with Crippen LogP contribution < -0.4 is 15.5 Å². The summed E-state index contributed by atoms with van der Waals surface area (Å²) in [7, 11) is 0. The standard InChI is InChI=1S/C21H23N5O5/c1-14(27)22-17-4-3-5-18(13-17)23-21(29)16-6-7-19(20(12-16)26(30)31)25-10-8-24(9-11-25)15(2)28/h3-7,12-13H,8-11H2,1-2H3,(H,22,27)(H,23,29). The summed E-state index contributed by atoms with van der Waals surface area (Å²) in [5, 5.41) is 17.0. The molecule has 1 heterocycles. The average Bonchev–Trinajstić information content (AvgIpc) is 2.73. The molecule has 1 saturated heterocycles. The first kappa shape index (κ1) is 21.8. The van der Waals surface area contributed by atoms with Crippen LogP contribution in [0.3, 0.4) is 0 Å². The van der Waals surface area contributed by atoms with E-state index in [0.717, 1.165) is 0 Å². The molecule has 0 aromatic heterocycles. The molecule has 3 rings (SSSR count). The van der Waals surface area contributed by atoms with Gasteiger partial charge in [0.2, 0.25) is 11.8 Å². The van der Waals surface area contributed by atoms with Crippen molar-refractivity contribution in [3.05, 3.63) is 58.1 Å². The summed E-state index contributed by atoms with van der Waals surface area (Å²) in [5.41, 5.74) is 1.36. The molecule has 31 heavy (non-hydrogen) atoms. The Morgan fingerprint density at radius 1 is 0.935 bits per heavy atom. The zero-order valence-corrected chi connectivity index (χ0v) is 17.3. The van der Waals surface area contributed by atoms with Crippen LogP contribution in [-0.4, -0.2) is 53.7 Å². The van der Waals surface area contributed by atoms with Gasteiger partial charge in [0.25, 0.3) is 11.6 Å². The number of rotatable bonds is 5. The summed E-state index contributed by atoms with van der Waals surface area (Å²) in [6.45, 7) is 4.80. The monoisotopic (exact) mass is 425 g/mol. The molecule has 2 N–H and O–H groups in total. The first-order chi connectivity index (χ1) is 14.7. The predicted molar refractivity (Wildman–Crippen MR) is 116 cm³/mol. The summed E-state index contributed by atoms with van der Waals surface area (Å²) in [6, 6.07) is 10.9. The van der Waals surface area contributed by atoms with Crippen molar-refractivity contribution in [3.63, 3.8) is 0 Å². The zero-order valence-electron chi connectivity index (χ0n) is 17.3. The highest BCUT2D eigenvalue weighted by molar-refractivity contribution is 6.05. The van der Waals surface area contributed by atoms with Crippen LogP contribution in [-0.2, 0) is 9.59 Å². The molecule has 10 nitrogen and oxygen atoms in total. The van der Waals surface area contributed by atoms with E-state index in [4.69, 9.17) is 0 Å². The Kier molecular flexibility index (Phi) is 6.49. The molecule has 0 spiro atoms. The summed E-state index contributed by atoms with van der Waals surface area (Å²) in [5.74, 6) is -0.765. The number of hydrogen-bond donors (Lipinski definition) is 2. The maximum absolute atomic E-state index is 12.6. The van der Waals surface area contributed by atoms with E-state index in [1.54, 1.807) is 35.2 Å². The molecule has 0 saturated carbocycles. The fraction of sp³-hybridized carbons (Fsp3) is 0.286. The largest absolute Gasteiger partial charge is 0.362 e. The molecular formula is C21H23N5O5. The van der Waals surface area contributed by atoms with Gasteiger partial charge in [-0.1, -0.05) is 6.07 Å². The maximum Gasteiger partial charge on any atom is 0.293 e. The third kappa shape index (κ3) is 5.35. The first-order valence-corrected chi connectivity index (χ1v) is 9.72. The van der Waals surface area contributed by atoms with Crippen LogP contribution in [0.25, 0.3) is 0 Å². The summed E-state index contributed by atoms with van der Waals surface area (Å²) >= 11 is 0. The number of anilines is 3. The number of nitrogens with one attached hydrogen (secondary N) is 2. The Balaban J connectivity index is 1.78. The van der Waals surface area contributed by atoms with Crippen molar-refractivity contribution in [1.29, 1.82) is 0 Å². The van der Waals surface area contributed by atoms with Crippen molar-refractivity contribution < 1.29 is 19.3 Å². The minimum absolute atomic E-state index is 0.0243. The molecule has 2 aromatic carbocycles. The van der Waals surface area contributed by atoms with E-state index in [0.29, 0.717) is 43.2 Å². The van der Waals surface area contributed by atoms with E-state index in [-0.39, 0.29) is 23.1 Å². The smallest absolute Gasteiger partial charge is 0.293 e. The van der Waals surface area contributed by atoms with E-state index >= 15 is 0 Å². The van der Waals surface area contributed by atoms with E-state index in [1.165, 1.54) is 26.0 Å². The summed E-state index contributed by atoms with van der Waals surface area (Å²) in [6.07, 6.45) is 0. The third-order valence-electron chi connectivity index (χ3n) is 4.94. The highest BCUT2D eigenvalue weighted by Gasteiger charge is 2.26. The minimum atomic E-state index is -0.513. The lowest BCUT2D eigenvalue weighted by Crippen LogP contribution is -2.48. The normalized spacial score (nSPS) is 13.5. The molecular weight excluding hydrogens is 402 g/mol. The number of hydrogen-bond acceptors (Lipinski definition) is 6. The Hall–Kier alpha value is -3.95. The Labute approximate surface area is 179 Å². The maximum atomic E-state index is 12.6. The second kappa shape index (κ2) is 9.24. The van der Waals surface area contributed by atoms with Gasteiger partial charge in [0.05, 0.1) is 4.92 Å². The topological polar surface area (TPSA) is 125 Å². The number of nitro groups is 1. The van der Waals surface area contributed by atoms with Crippen LogP contribution in [0.15, 0.2) is 42.5 Å². The lowest BCUT2D eigenvalue weighted by atomic mass is 10.1. The molecule has 0 atom stereocenters. The van der Waals surface area contributed by atoms with E-state index in [2.05, 4.69) is 10.6 Å². The highest BCUT2D eigenvalue weighted by Crippen LogP contribution is 2.30. The van der Waals surface area contributed by atoms with Gasteiger partial charge in [0, 0.05) is 63.0 Å². The summed E-state index contributed by atoms with van der Waals surface area (Å²) < 4.78 is 0. The van der Waals surface area contributed by atoms with Gasteiger partial charge in [-0.25, -0.2) is 0 Å². The third-order valence-corrected chi connectivity index (χ3v) is 4.94. The summed E-state index contributed by atoms with van der Waals surface area (Å²) in [4.78, 5) is 50.0. The molecule has 0 unspecified atom stereocenters. The van der Waals surface area contributed by atoms with Crippen LogP contribution in [0, 0.1) is 10.1 Å². The van der Waals surface area contributed by atoms with Gasteiger partial charge in [0.15, 0.2) is 0 Å². The van der Waals surface area contributed by atoms with E-state index in [1.807, 2.05) is 4.90 Å². The minimum Gasteiger partial charge on any atom is -0.362 e. The quantitative estimate of drug-likeness (QED) is 0.560. The van der Waals surface area contributed by atoms with Gasteiger partial charge in [-0.05, 0) is 30.3 Å². The number of carbonyl (C=O) groups excluding carboxylic acids is 3. The lowest BCUT2D eigenvalue weighted by Gasteiger charge is -2.35. The second-order valence-electron chi connectivity index (χ2n) is 7.17. The van der Waals surface area contributed by atoms with Gasteiger partial charge < -0.3 is 20.4 Å². The lowest BCUT2D eigenvalue weighted by molar-refractivity contribution is -0.384. The van der Waals surface area contributed by atoms with Crippen molar-refractivity contribution in [2.45, 2.75) is 13.8 Å². The van der Waals surface area contributed by atoms with Gasteiger partial charge in [-0.15, -0.1) is 0 Å². The van der Waals surface area contributed by atoms with Crippen LogP contribution in [0.4, 0.5) is 22.7 Å². The van der Waals surface area contributed by atoms with Crippen molar-refractivity contribution in [2.24, 2.45) is 0 Å². The fourth-order valence-electron chi connectivity index (χ4n) is 3.42. The molecule has 1 aliphatic heterocycles. The molecule has 0 radical (unpaired) electrons. The zero-order chi connectivity index (χ0) is 22.5. The molecule has 0 aliphatic carbocycles. The molecule has 2 aromatic rings. The molecule has 162 valence electrons. The SMILES string of the molecule is CC(=O)Nc1cccc(NC(=O)c2ccc(N3CCN(C(C)=O)CC3)c([N+](=O)[O-])c2)c1. The second-order valence-corrected chi connectivity index (χ2v) is 7.17. The van der Waals surface area contributed by atoms with Crippen LogP contribution in [0.1, 0.15) is 24.2 Å². The fourth-order valence-corrected chi connectivity index (χ4v) is 3.42. The highest BCUT2D eigenvalue weighted by atomic mass is 16.6. The van der Waals surface area contributed by atoms with Crippen LogP contribution in [0.5, 0.6) is 0 Å². The van der Waals surface area contributed by atoms with Crippen LogP contribution >= 0.6 is 0 Å². The Morgan fingerprint density at radius 3 is 2.16 bits per heavy atom. The number of nitro benzene ring substituents is 1. The Morgan fingerprint density at radius 2 is 1.58 bits per heavy atom. The van der Waals surface area contributed by atoms with Gasteiger partial charge in [0.1, 0.15) is 5.69 Å². The predicted octanol–water partition coefficient (Wildman–Crippen LogP) is 2.47. The molecule has 0 bridgehead atoms. The molecule has 1 fully saturated rings. The van der Waals surface area contributed by atoms with E-state index < -0.39 is 10.8 Å². The average molecular weight is 425 g/mol. The molecule has 1 aliphatic rings. The van der Waals surface area contributed by atoms with Crippen molar-refractivity contribution >= 4 is 40.5 Å². The van der Waals surface area contributed by atoms with Crippen molar-refractivity contribution in [1.82, 2.24) is 4.90 Å². The number of nitrogens with zero attached hydrogens (tertiary/aromatic N) is 3. The van der Waals surface area contributed by atoms with Gasteiger partial charge in [-0.2, -0.15) is 0 Å². The number of piperazine rings is 1. The van der Waals surface area contributed by atoms with Crippen LogP contribution in [0.2, 0.25) is 0 Å². The number of benzene rings is 2. The van der Waals surface area contributed by atoms with Crippen molar-refractivity contribution in [3.8, 4) is 0 Å². The number of carbonyl (C=O) groups is 3. The molecule has 3 amide bonds. The first-order valence-electron chi connectivity index (χ1n) is 9.72. The van der Waals surface area contributed by atoms with E-state index in [9.17, 15) is 24.5 Å². The van der Waals surface area contributed by atoms with Crippen molar-refractivity contribution in [2.75, 3.05) is 41.7 Å². The Bertz CT molecular complexity index is 1030.